The van der Waals surface area contributed by atoms with E-state index in [9.17, 15) is 15.8 Å². The van der Waals surface area contributed by atoms with E-state index >= 15 is 0 Å². The first kappa shape index (κ1) is 23.2. The van der Waals surface area contributed by atoms with Crippen LogP contribution in [-0.2, 0) is 10.8 Å². The van der Waals surface area contributed by atoms with Gasteiger partial charge in [-0.3, -0.25) is 0 Å². The Morgan fingerprint density at radius 2 is 1.37 bits per heavy atom. The number of anilines is 1. The Kier molecular flexibility index (Phi) is 5.00. The van der Waals surface area contributed by atoms with Gasteiger partial charge in [-0.2, -0.15) is 20.4 Å². The third-order valence-corrected chi connectivity index (χ3v) is 8.10. The fraction of sp³-hybridized carbons (Fsp3) is 0.152. The molecule has 5 nitrogen and oxygen atoms in total. The first-order valence-corrected chi connectivity index (χ1v) is 12.5. The molecule has 2 aliphatic heterocycles. The van der Waals surface area contributed by atoms with Gasteiger partial charge in [0.05, 0.1) is 29.1 Å². The molecule has 0 fully saturated rings. The highest BCUT2D eigenvalue weighted by Crippen LogP contribution is 2.50. The lowest BCUT2D eigenvalue weighted by atomic mass is 9.78. The lowest BCUT2D eigenvalue weighted by Crippen LogP contribution is -2.29. The van der Waals surface area contributed by atoms with Gasteiger partial charge < -0.3 is 0 Å². The summed E-state index contributed by atoms with van der Waals surface area (Å²) in [7, 11) is 1.97. The van der Waals surface area contributed by atoms with E-state index in [1.807, 2.05) is 87.7 Å². The van der Waals surface area contributed by atoms with E-state index in [4.69, 9.17) is 0 Å². The van der Waals surface area contributed by atoms with Crippen molar-refractivity contribution in [2.75, 3.05) is 11.9 Å². The maximum Gasteiger partial charge on any atom is 0.211 e. The van der Waals surface area contributed by atoms with Crippen molar-refractivity contribution in [2.24, 2.45) is 0 Å². The first-order chi connectivity index (χ1) is 18.4. The number of rotatable bonds is 2. The van der Waals surface area contributed by atoms with Crippen molar-refractivity contribution in [3.8, 4) is 18.3 Å². The molecule has 4 aromatic rings. The molecule has 0 aliphatic carbocycles. The van der Waals surface area contributed by atoms with Gasteiger partial charge in [-0.05, 0) is 53.6 Å². The smallest absolute Gasteiger partial charge is 0.211 e. The van der Waals surface area contributed by atoms with Crippen LogP contribution in [0, 0.1) is 34.1 Å². The van der Waals surface area contributed by atoms with Crippen molar-refractivity contribution < 1.29 is 4.58 Å². The summed E-state index contributed by atoms with van der Waals surface area (Å²) in [5.74, 6) is 0. The third kappa shape index (κ3) is 2.92. The molecule has 2 atom stereocenters. The number of hydrogen-bond acceptors (Lipinski definition) is 4. The molecule has 180 valence electrons. The standard InChI is InChI=1S/C33H24N5/c1-32(19-34)28(37(3)26-17-15-22-9-4-6-11-24(22)30(26)32)13-8-14-29-33(2,20-35)31-25-12-7-5-10-23(25)16-18-27(31)38(29)21-36/h4-18H,1-3H3/q+1. The maximum absolute atomic E-state index is 10.4. The minimum absolute atomic E-state index is 0.591. The van der Waals surface area contributed by atoms with Gasteiger partial charge >= 0.3 is 0 Å². The molecule has 2 unspecified atom stereocenters. The molecule has 0 amide bonds. The number of allylic oxidation sites excluding steroid dienone is 4. The van der Waals surface area contributed by atoms with Crippen LogP contribution in [0.15, 0.2) is 96.7 Å². The average molecular weight is 491 g/mol. The molecule has 2 heterocycles. The molecule has 6 rings (SSSR count). The number of benzene rings is 4. The molecule has 0 N–H and O–H groups in total. The van der Waals surface area contributed by atoms with Crippen LogP contribution in [0.4, 0.5) is 11.4 Å². The van der Waals surface area contributed by atoms with Gasteiger partial charge in [0.15, 0.2) is 11.6 Å². The van der Waals surface area contributed by atoms with E-state index in [-0.39, 0.29) is 0 Å². The summed E-state index contributed by atoms with van der Waals surface area (Å²) >= 11 is 0. The van der Waals surface area contributed by atoms with E-state index in [2.05, 4.69) is 47.2 Å². The summed E-state index contributed by atoms with van der Waals surface area (Å²) in [6, 6.07) is 29.2. The monoisotopic (exact) mass is 490 g/mol. The predicted molar refractivity (Wildman–Crippen MR) is 150 cm³/mol. The minimum atomic E-state index is -1.01. The van der Waals surface area contributed by atoms with Crippen LogP contribution < -0.4 is 4.90 Å². The molecular formula is C33H24N5+. The van der Waals surface area contributed by atoms with E-state index < -0.39 is 10.8 Å². The summed E-state index contributed by atoms with van der Waals surface area (Å²) in [5.41, 5.74) is 3.11. The van der Waals surface area contributed by atoms with Crippen molar-refractivity contribution in [1.29, 1.82) is 15.8 Å². The molecule has 4 aromatic carbocycles. The topological polar surface area (TPSA) is 77.6 Å². The fourth-order valence-corrected chi connectivity index (χ4v) is 6.20. The van der Waals surface area contributed by atoms with Gasteiger partial charge in [-0.15, -0.1) is 0 Å². The summed E-state index contributed by atoms with van der Waals surface area (Å²) < 4.78 is 2.06. The van der Waals surface area contributed by atoms with E-state index in [1.165, 1.54) is 0 Å². The van der Waals surface area contributed by atoms with E-state index in [1.54, 1.807) is 4.90 Å². The van der Waals surface area contributed by atoms with Crippen LogP contribution in [0.25, 0.3) is 21.5 Å². The van der Waals surface area contributed by atoms with Crippen LogP contribution in [0.1, 0.15) is 25.0 Å². The van der Waals surface area contributed by atoms with Crippen LogP contribution in [-0.4, -0.2) is 17.3 Å². The van der Waals surface area contributed by atoms with Gasteiger partial charge in [-0.1, -0.05) is 60.7 Å². The highest BCUT2D eigenvalue weighted by molar-refractivity contribution is 6.10. The normalized spacial score (nSPS) is 23.1. The molecule has 38 heavy (non-hydrogen) atoms. The molecule has 0 saturated carbocycles. The maximum atomic E-state index is 10.4. The molecular weight excluding hydrogens is 466 g/mol. The number of nitrogens with zero attached hydrogens (tertiary/aromatic N) is 5. The van der Waals surface area contributed by atoms with Crippen molar-refractivity contribution in [3.63, 3.8) is 0 Å². The third-order valence-electron chi connectivity index (χ3n) is 8.10. The van der Waals surface area contributed by atoms with Gasteiger partial charge in [0.25, 0.3) is 0 Å². The Morgan fingerprint density at radius 3 is 2.00 bits per heavy atom. The van der Waals surface area contributed by atoms with Crippen molar-refractivity contribution in [2.45, 2.75) is 24.7 Å². The average Bonchev–Trinajstić information content (AvgIpc) is 3.34. The Hall–Kier alpha value is -5.18. The summed E-state index contributed by atoms with van der Waals surface area (Å²) in [6.07, 6.45) is 7.91. The quantitative estimate of drug-likeness (QED) is 0.231. The second-order valence-corrected chi connectivity index (χ2v) is 10.1. The second-order valence-electron chi connectivity index (χ2n) is 10.1. The molecule has 0 bridgehead atoms. The summed E-state index contributed by atoms with van der Waals surface area (Å²) in [6.45, 7) is 3.82. The highest BCUT2D eigenvalue weighted by atomic mass is 15.2. The van der Waals surface area contributed by atoms with Gasteiger partial charge in [0.1, 0.15) is 12.5 Å². The molecule has 2 aliphatic rings. The molecule has 0 aromatic heterocycles. The van der Waals surface area contributed by atoms with Crippen LogP contribution in [0.2, 0.25) is 0 Å². The number of fused-ring (bicyclic) bond motifs is 6. The Bertz CT molecular complexity index is 1910. The van der Waals surface area contributed by atoms with Crippen LogP contribution >= 0.6 is 0 Å². The molecule has 0 radical (unpaired) electrons. The van der Waals surface area contributed by atoms with Crippen molar-refractivity contribution >= 4 is 38.6 Å². The zero-order valence-electron chi connectivity index (χ0n) is 21.4. The lowest BCUT2D eigenvalue weighted by molar-refractivity contribution is -0.401. The Balaban J connectivity index is 1.49. The number of nitriles is 3. The second kappa shape index (κ2) is 8.17. The lowest BCUT2D eigenvalue weighted by Gasteiger charge is -2.19. The molecule has 0 saturated heterocycles. The zero-order chi connectivity index (χ0) is 26.7. The largest absolute Gasteiger partial charge is 0.250 e. The van der Waals surface area contributed by atoms with Gasteiger partial charge in [0.2, 0.25) is 11.4 Å². The minimum Gasteiger partial charge on any atom is -0.250 e. The SMILES string of the molecule is C[N+]1=C(/C=C/C=C2/N(C#N)c3ccc4ccccc4c3C2(C)C#N)C(C)(C#N)c2c1ccc1ccccc21. The zero-order valence-corrected chi connectivity index (χ0v) is 21.4. The summed E-state index contributed by atoms with van der Waals surface area (Å²) in [5, 5.41) is 35.1. The van der Waals surface area contributed by atoms with E-state index in [0.717, 1.165) is 49.8 Å². The van der Waals surface area contributed by atoms with Gasteiger partial charge in [-0.25, -0.2) is 4.90 Å². The predicted octanol–water partition coefficient (Wildman–Crippen LogP) is 6.73. The van der Waals surface area contributed by atoms with Gasteiger partial charge in [0, 0.05) is 17.7 Å². The highest BCUT2D eigenvalue weighted by Gasteiger charge is 2.49. The Morgan fingerprint density at radius 1 is 0.763 bits per heavy atom. The van der Waals surface area contributed by atoms with Crippen molar-refractivity contribution in [3.05, 3.63) is 108 Å². The molecule has 0 spiro atoms. The fourth-order valence-electron chi connectivity index (χ4n) is 6.20. The van der Waals surface area contributed by atoms with Crippen LogP contribution in [0.5, 0.6) is 0 Å². The first-order valence-electron chi connectivity index (χ1n) is 12.5. The Labute approximate surface area is 221 Å². The number of hydrogen-bond donors (Lipinski definition) is 0. The van der Waals surface area contributed by atoms with Crippen molar-refractivity contribution in [1.82, 2.24) is 0 Å². The van der Waals surface area contributed by atoms with Crippen LogP contribution in [0.3, 0.4) is 0 Å². The summed E-state index contributed by atoms with van der Waals surface area (Å²) in [4.78, 5) is 1.55. The molecule has 5 heteroatoms. The van der Waals surface area contributed by atoms with E-state index in [0.29, 0.717) is 5.70 Å².